The molecule has 0 bridgehead atoms. The van der Waals surface area contributed by atoms with Crippen LogP contribution in [0.2, 0.25) is 0 Å². The summed E-state index contributed by atoms with van der Waals surface area (Å²) in [6.07, 6.45) is 1.49. The van der Waals surface area contributed by atoms with Crippen molar-refractivity contribution in [1.82, 2.24) is 4.90 Å². The van der Waals surface area contributed by atoms with E-state index in [1.165, 1.54) is 16.1 Å². The lowest BCUT2D eigenvalue weighted by molar-refractivity contribution is -0.136. The molecule has 0 unspecified atom stereocenters. The number of rotatable bonds is 5. The first-order valence-corrected chi connectivity index (χ1v) is 12.1. The first-order valence-electron chi connectivity index (χ1n) is 12.1. The number of amides is 1. The van der Waals surface area contributed by atoms with Gasteiger partial charge < -0.3 is 20.7 Å². The zero-order valence-corrected chi connectivity index (χ0v) is 21.5. The SMILES string of the molecule is Cc1ccc(C(=O)N2CCc3ccc(CCC(=O)O)cc3C2)cc1C.Cc1cccc(N(C)N)c1N. The maximum Gasteiger partial charge on any atom is 0.303 e. The molecule has 1 aliphatic heterocycles. The fourth-order valence-electron chi connectivity index (χ4n) is 4.22. The van der Waals surface area contributed by atoms with Crippen LogP contribution >= 0.6 is 0 Å². The summed E-state index contributed by atoms with van der Waals surface area (Å²) in [4.78, 5) is 25.5. The Labute approximate surface area is 213 Å². The van der Waals surface area contributed by atoms with Gasteiger partial charge in [0.15, 0.2) is 0 Å². The molecule has 4 rings (SSSR count). The van der Waals surface area contributed by atoms with E-state index in [0.29, 0.717) is 19.5 Å². The van der Waals surface area contributed by atoms with Crippen LogP contribution in [0, 0.1) is 20.8 Å². The lowest BCUT2D eigenvalue weighted by Gasteiger charge is -2.29. The highest BCUT2D eigenvalue weighted by Crippen LogP contribution is 2.24. The molecule has 1 amide bonds. The van der Waals surface area contributed by atoms with Gasteiger partial charge in [0.2, 0.25) is 0 Å². The van der Waals surface area contributed by atoms with Crippen LogP contribution in [0.25, 0.3) is 0 Å². The Hall–Kier alpha value is -3.84. The normalized spacial score (nSPS) is 12.3. The Bertz CT molecular complexity index is 1250. The predicted molar refractivity (Wildman–Crippen MR) is 145 cm³/mol. The van der Waals surface area contributed by atoms with Crippen molar-refractivity contribution in [1.29, 1.82) is 0 Å². The van der Waals surface area contributed by atoms with E-state index in [2.05, 4.69) is 12.1 Å². The highest BCUT2D eigenvalue weighted by Gasteiger charge is 2.22. The second kappa shape index (κ2) is 11.7. The number of fused-ring (bicyclic) bond motifs is 1. The number of aryl methyl sites for hydroxylation is 4. The van der Waals surface area contributed by atoms with E-state index < -0.39 is 5.97 Å². The molecule has 0 aromatic heterocycles. The van der Waals surface area contributed by atoms with Gasteiger partial charge in [-0.05, 0) is 85.2 Å². The van der Waals surface area contributed by atoms with Crippen molar-refractivity contribution in [3.05, 3.63) is 93.5 Å². The zero-order chi connectivity index (χ0) is 26.4. The predicted octanol–water partition coefficient (Wildman–Crippen LogP) is 4.41. The molecule has 5 N–H and O–H groups in total. The van der Waals surface area contributed by atoms with Crippen LogP contribution in [0.3, 0.4) is 0 Å². The van der Waals surface area contributed by atoms with Crippen molar-refractivity contribution in [3.63, 3.8) is 0 Å². The second-order valence-electron chi connectivity index (χ2n) is 9.39. The first-order chi connectivity index (χ1) is 17.1. The average molecular weight is 489 g/mol. The molecule has 3 aromatic rings. The number of nitrogens with two attached hydrogens (primary N) is 2. The summed E-state index contributed by atoms with van der Waals surface area (Å²) in [6, 6.07) is 17.8. The number of hydrogen-bond donors (Lipinski definition) is 3. The van der Waals surface area contributed by atoms with Gasteiger partial charge >= 0.3 is 5.97 Å². The van der Waals surface area contributed by atoms with Crippen molar-refractivity contribution < 1.29 is 14.7 Å². The smallest absolute Gasteiger partial charge is 0.303 e. The number of aliphatic carboxylic acids is 1. The van der Waals surface area contributed by atoms with Crippen LogP contribution in [0.1, 0.15) is 50.2 Å². The molecular weight excluding hydrogens is 452 g/mol. The van der Waals surface area contributed by atoms with Crippen molar-refractivity contribution in [3.8, 4) is 0 Å². The third-order valence-corrected chi connectivity index (χ3v) is 6.63. The van der Waals surface area contributed by atoms with Crippen LogP contribution < -0.4 is 16.6 Å². The van der Waals surface area contributed by atoms with E-state index in [4.69, 9.17) is 16.7 Å². The molecule has 0 saturated carbocycles. The van der Waals surface area contributed by atoms with E-state index in [0.717, 1.165) is 45.6 Å². The topological polar surface area (TPSA) is 113 Å². The van der Waals surface area contributed by atoms with Crippen LogP contribution in [-0.4, -0.2) is 35.5 Å². The Kier molecular flexibility index (Phi) is 8.72. The third-order valence-electron chi connectivity index (χ3n) is 6.63. The molecule has 0 spiro atoms. The van der Waals surface area contributed by atoms with Crippen LogP contribution in [0.5, 0.6) is 0 Å². The standard InChI is InChI=1S/C21H23NO3.C8H13N3/c1-14-3-6-18(11-15(14)2)21(25)22-10-9-17-7-4-16(5-8-20(23)24)12-19(17)13-22;1-6-4-3-5-7(8(6)9)11(2)10/h3-4,6-7,11-12H,5,8-10,13H2,1-2H3,(H,23,24);3-5H,9-10H2,1-2H3. The molecular formula is C29H36N4O3. The lowest BCUT2D eigenvalue weighted by Crippen LogP contribution is -2.36. The summed E-state index contributed by atoms with van der Waals surface area (Å²) < 4.78 is 0. The van der Waals surface area contributed by atoms with Gasteiger partial charge in [-0.2, -0.15) is 0 Å². The summed E-state index contributed by atoms with van der Waals surface area (Å²) in [5.41, 5.74) is 14.9. The summed E-state index contributed by atoms with van der Waals surface area (Å²) in [7, 11) is 1.77. The molecule has 0 fully saturated rings. The number of carboxylic acids is 1. The van der Waals surface area contributed by atoms with Gasteiger partial charge in [0, 0.05) is 32.1 Å². The molecule has 0 atom stereocenters. The number of anilines is 2. The van der Waals surface area contributed by atoms with E-state index in [1.54, 1.807) is 7.05 Å². The van der Waals surface area contributed by atoms with Gasteiger partial charge in [-0.15, -0.1) is 0 Å². The number of hydrazine groups is 1. The van der Waals surface area contributed by atoms with E-state index in [1.807, 2.05) is 68.1 Å². The highest BCUT2D eigenvalue weighted by molar-refractivity contribution is 5.94. The number of carbonyl (C=O) groups excluding carboxylic acids is 1. The van der Waals surface area contributed by atoms with Gasteiger partial charge in [0.1, 0.15) is 0 Å². The van der Waals surface area contributed by atoms with Crippen LogP contribution in [0.4, 0.5) is 11.4 Å². The maximum absolute atomic E-state index is 12.8. The highest BCUT2D eigenvalue weighted by atomic mass is 16.4. The minimum atomic E-state index is -0.788. The Morgan fingerprint density at radius 2 is 1.72 bits per heavy atom. The van der Waals surface area contributed by atoms with E-state index in [-0.39, 0.29) is 12.3 Å². The largest absolute Gasteiger partial charge is 0.481 e. The Morgan fingerprint density at radius 1 is 0.972 bits per heavy atom. The van der Waals surface area contributed by atoms with Crippen LogP contribution in [0.15, 0.2) is 54.6 Å². The third kappa shape index (κ3) is 6.64. The minimum absolute atomic E-state index is 0.0599. The Morgan fingerprint density at radius 3 is 2.36 bits per heavy atom. The number of carbonyl (C=O) groups is 2. The number of carboxylic acid groups (broad SMARTS) is 1. The number of benzene rings is 3. The number of nitrogens with zero attached hydrogens (tertiary/aromatic N) is 2. The first kappa shape index (κ1) is 26.8. The molecule has 36 heavy (non-hydrogen) atoms. The minimum Gasteiger partial charge on any atom is -0.481 e. The quantitative estimate of drug-likeness (QED) is 0.279. The lowest BCUT2D eigenvalue weighted by atomic mass is 9.95. The molecule has 190 valence electrons. The number of nitrogen functional groups attached to an aromatic ring is 1. The van der Waals surface area contributed by atoms with E-state index >= 15 is 0 Å². The molecule has 3 aromatic carbocycles. The van der Waals surface area contributed by atoms with Gasteiger partial charge in [-0.3, -0.25) is 9.59 Å². The van der Waals surface area contributed by atoms with Gasteiger partial charge in [-0.25, -0.2) is 5.84 Å². The maximum atomic E-state index is 12.8. The van der Waals surface area contributed by atoms with Gasteiger partial charge in [0.25, 0.3) is 5.91 Å². The van der Waals surface area contributed by atoms with E-state index in [9.17, 15) is 9.59 Å². The van der Waals surface area contributed by atoms with Crippen molar-refractivity contribution in [2.75, 3.05) is 24.3 Å². The second-order valence-corrected chi connectivity index (χ2v) is 9.39. The van der Waals surface area contributed by atoms with Crippen molar-refractivity contribution in [2.24, 2.45) is 5.84 Å². The number of para-hydroxylation sites is 1. The van der Waals surface area contributed by atoms with Crippen molar-refractivity contribution >= 4 is 23.3 Å². The monoisotopic (exact) mass is 488 g/mol. The van der Waals surface area contributed by atoms with Crippen molar-refractivity contribution in [2.45, 2.75) is 46.6 Å². The summed E-state index contributed by atoms with van der Waals surface area (Å²) in [5.74, 6) is 4.81. The molecule has 0 aliphatic carbocycles. The number of hydrogen-bond acceptors (Lipinski definition) is 5. The molecule has 1 aliphatic rings. The van der Waals surface area contributed by atoms with Gasteiger partial charge in [0.05, 0.1) is 11.4 Å². The molecule has 7 nitrogen and oxygen atoms in total. The summed E-state index contributed by atoms with van der Waals surface area (Å²) >= 11 is 0. The molecule has 1 heterocycles. The Balaban J connectivity index is 0.000000275. The molecule has 7 heteroatoms. The van der Waals surface area contributed by atoms with Crippen LogP contribution in [-0.2, 0) is 24.2 Å². The average Bonchev–Trinajstić information content (AvgIpc) is 2.85. The zero-order valence-electron chi connectivity index (χ0n) is 21.5. The molecule has 0 radical (unpaired) electrons. The van der Waals surface area contributed by atoms with Gasteiger partial charge in [-0.1, -0.05) is 36.4 Å². The fraction of sp³-hybridized carbons (Fsp3) is 0.310. The molecule has 0 saturated heterocycles. The fourth-order valence-corrected chi connectivity index (χ4v) is 4.22. The summed E-state index contributed by atoms with van der Waals surface area (Å²) in [5, 5.41) is 10.4. The summed E-state index contributed by atoms with van der Waals surface area (Å²) in [6.45, 7) is 7.32.